The van der Waals surface area contributed by atoms with Crippen LogP contribution in [-0.4, -0.2) is 19.9 Å². The normalized spacial score (nSPS) is 18.5. The lowest BCUT2D eigenvalue weighted by molar-refractivity contribution is -0.0979. The second kappa shape index (κ2) is 6.63. The molecular formula is C6H13NO. The van der Waals surface area contributed by atoms with E-state index in [0.717, 1.165) is 0 Å². The van der Waals surface area contributed by atoms with Gasteiger partial charge in [0.2, 0.25) is 0 Å². The predicted octanol–water partition coefficient (Wildman–Crippen LogP) is 0.575. The van der Waals surface area contributed by atoms with E-state index >= 15 is 0 Å². The molecule has 1 aliphatic rings. The SMILES string of the molecule is C1CCNCC1.C=O. The maximum Gasteiger partial charge on any atom is 0.106 e. The van der Waals surface area contributed by atoms with Gasteiger partial charge in [-0.25, -0.2) is 0 Å². The van der Waals surface area contributed by atoms with Crippen molar-refractivity contribution < 1.29 is 4.79 Å². The molecular weight excluding hydrogens is 102 g/mol. The first-order chi connectivity index (χ1) is 4.00. The summed E-state index contributed by atoms with van der Waals surface area (Å²) in [5, 5.41) is 3.28. The summed E-state index contributed by atoms with van der Waals surface area (Å²) in [4.78, 5) is 8.00. The van der Waals surface area contributed by atoms with Gasteiger partial charge in [0, 0.05) is 0 Å². The number of nitrogens with one attached hydrogen (secondary N) is 1. The van der Waals surface area contributed by atoms with E-state index in [-0.39, 0.29) is 0 Å². The minimum atomic E-state index is 1.25. The molecule has 1 rings (SSSR count). The third-order valence-electron chi connectivity index (χ3n) is 1.21. The Kier molecular flexibility index (Phi) is 6.32. The summed E-state index contributed by atoms with van der Waals surface area (Å²) in [6.07, 6.45) is 4.22. The number of rotatable bonds is 0. The molecule has 0 saturated carbocycles. The molecule has 1 heterocycles. The Morgan fingerprint density at radius 3 is 1.62 bits per heavy atom. The van der Waals surface area contributed by atoms with Crippen LogP contribution in [0.25, 0.3) is 0 Å². The molecule has 0 unspecified atom stereocenters. The number of carbonyl (C=O) groups excluding carboxylic acids is 1. The molecule has 0 aromatic heterocycles. The van der Waals surface area contributed by atoms with E-state index in [1.54, 1.807) is 0 Å². The number of hydrogen-bond donors (Lipinski definition) is 1. The molecule has 0 bridgehead atoms. The molecule has 0 amide bonds. The Morgan fingerprint density at radius 2 is 1.50 bits per heavy atom. The molecule has 1 N–H and O–H groups in total. The van der Waals surface area contributed by atoms with Gasteiger partial charge in [0.05, 0.1) is 0 Å². The summed E-state index contributed by atoms with van der Waals surface area (Å²) in [6.45, 7) is 4.50. The van der Waals surface area contributed by atoms with Crippen LogP contribution in [0.4, 0.5) is 0 Å². The largest absolute Gasteiger partial charge is 0.317 e. The molecule has 48 valence electrons. The van der Waals surface area contributed by atoms with E-state index in [2.05, 4.69) is 5.32 Å². The summed E-state index contributed by atoms with van der Waals surface area (Å²) >= 11 is 0. The molecule has 2 heteroatoms. The number of piperidine rings is 1. The van der Waals surface area contributed by atoms with Crippen molar-refractivity contribution in [3.8, 4) is 0 Å². The van der Waals surface area contributed by atoms with Gasteiger partial charge in [0.25, 0.3) is 0 Å². The highest BCUT2D eigenvalue weighted by Crippen LogP contribution is 1.96. The van der Waals surface area contributed by atoms with Crippen molar-refractivity contribution in [2.24, 2.45) is 0 Å². The second-order valence-corrected chi connectivity index (χ2v) is 1.81. The Bertz CT molecular complexity index is 32.3. The van der Waals surface area contributed by atoms with Gasteiger partial charge in [-0.05, 0) is 25.9 Å². The average molecular weight is 115 g/mol. The van der Waals surface area contributed by atoms with E-state index in [4.69, 9.17) is 4.79 Å². The standard InChI is InChI=1S/C5H11N.CH2O/c1-2-4-6-5-3-1;1-2/h6H,1-5H2;1H2. The monoisotopic (exact) mass is 115 g/mol. The zero-order valence-electron chi connectivity index (χ0n) is 5.15. The Balaban J connectivity index is 0.000000222. The van der Waals surface area contributed by atoms with Crippen molar-refractivity contribution in [2.45, 2.75) is 19.3 Å². The lowest BCUT2D eigenvalue weighted by Gasteiger charge is -2.08. The van der Waals surface area contributed by atoms with Gasteiger partial charge < -0.3 is 10.1 Å². The van der Waals surface area contributed by atoms with E-state index in [1.807, 2.05) is 6.79 Å². The fourth-order valence-corrected chi connectivity index (χ4v) is 0.802. The van der Waals surface area contributed by atoms with E-state index in [0.29, 0.717) is 0 Å². The molecule has 0 radical (unpaired) electrons. The van der Waals surface area contributed by atoms with Gasteiger partial charge in [-0.2, -0.15) is 0 Å². The highest BCUT2D eigenvalue weighted by atomic mass is 16.1. The molecule has 1 aliphatic heterocycles. The van der Waals surface area contributed by atoms with E-state index in [1.165, 1.54) is 32.4 Å². The van der Waals surface area contributed by atoms with Crippen molar-refractivity contribution >= 4 is 6.79 Å². The van der Waals surface area contributed by atoms with Gasteiger partial charge in [-0.15, -0.1) is 0 Å². The summed E-state index contributed by atoms with van der Waals surface area (Å²) in [6, 6.07) is 0. The summed E-state index contributed by atoms with van der Waals surface area (Å²) in [5.41, 5.74) is 0. The molecule has 1 saturated heterocycles. The van der Waals surface area contributed by atoms with Gasteiger partial charge in [0.1, 0.15) is 6.79 Å². The summed E-state index contributed by atoms with van der Waals surface area (Å²) in [5.74, 6) is 0. The fraction of sp³-hybridized carbons (Fsp3) is 0.833. The van der Waals surface area contributed by atoms with Gasteiger partial charge in [-0.1, -0.05) is 6.42 Å². The minimum Gasteiger partial charge on any atom is -0.317 e. The molecule has 1 fully saturated rings. The van der Waals surface area contributed by atoms with Gasteiger partial charge in [-0.3, -0.25) is 0 Å². The third kappa shape index (κ3) is 3.81. The molecule has 0 aliphatic carbocycles. The van der Waals surface area contributed by atoms with Crippen molar-refractivity contribution in [2.75, 3.05) is 13.1 Å². The number of hydrogen-bond acceptors (Lipinski definition) is 2. The van der Waals surface area contributed by atoms with Crippen LogP contribution < -0.4 is 5.32 Å². The molecule has 8 heavy (non-hydrogen) atoms. The quantitative estimate of drug-likeness (QED) is 0.500. The van der Waals surface area contributed by atoms with Gasteiger partial charge in [0.15, 0.2) is 0 Å². The first-order valence-electron chi connectivity index (χ1n) is 3.00. The van der Waals surface area contributed by atoms with Crippen LogP contribution in [0.15, 0.2) is 0 Å². The molecule has 2 nitrogen and oxygen atoms in total. The van der Waals surface area contributed by atoms with Crippen LogP contribution in [0.5, 0.6) is 0 Å². The van der Waals surface area contributed by atoms with Crippen molar-refractivity contribution in [1.82, 2.24) is 5.32 Å². The fourth-order valence-electron chi connectivity index (χ4n) is 0.802. The second-order valence-electron chi connectivity index (χ2n) is 1.81. The molecule has 0 atom stereocenters. The third-order valence-corrected chi connectivity index (χ3v) is 1.21. The zero-order chi connectivity index (χ0) is 6.24. The van der Waals surface area contributed by atoms with Crippen LogP contribution in [-0.2, 0) is 4.79 Å². The van der Waals surface area contributed by atoms with Crippen LogP contribution in [0.2, 0.25) is 0 Å². The molecule has 0 spiro atoms. The minimum absolute atomic E-state index is 1.25. The molecule has 0 aromatic rings. The van der Waals surface area contributed by atoms with Crippen LogP contribution in [0.3, 0.4) is 0 Å². The van der Waals surface area contributed by atoms with E-state index in [9.17, 15) is 0 Å². The molecule has 0 aromatic carbocycles. The lowest BCUT2D eigenvalue weighted by Crippen LogP contribution is -2.21. The van der Waals surface area contributed by atoms with Crippen LogP contribution >= 0.6 is 0 Å². The highest BCUT2D eigenvalue weighted by molar-refractivity contribution is 5.10. The van der Waals surface area contributed by atoms with Crippen LogP contribution in [0, 0.1) is 0 Å². The Labute approximate surface area is 50.3 Å². The van der Waals surface area contributed by atoms with E-state index < -0.39 is 0 Å². The maximum absolute atomic E-state index is 8.00. The maximum atomic E-state index is 8.00. The first-order valence-corrected chi connectivity index (χ1v) is 3.00. The summed E-state index contributed by atoms with van der Waals surface area (Å²) in [7, 11) is 0. The van der Waals surface area contributed by atoms with Crippen molar-refractivity contribution in [1.29, 1.82) is 0 Å². The highest BCUT2D eigenvalue weighted by Gasteiger charge is 1.93. The smallest absolute Gasteiger partial charge is 0.106 e. The average Bonchev–Trinajstić information content (AvgIpc) is 1.96. The summed E-state index contributed by atoms with van der Waals surface area (Å²) < 4.78 is 0. The van der Waals surface area contributed by atoms with Gasteiger partial charge >= 0.3 is 0 Å². The Morgan fingerprint density at radius 1 is 1.00 bits per heavy atom. The lowest BCUT2D eigenvalue weighted by atomic mass is 10.2. The van der Waals surface area contributed by atoms with Crippen LogP contribution in [0.1, 0.15) is 19.3 Å². The first kappa shape index (κ1) is 7.63. The topological polar surface area (TPSA) is 29.1 Å². The number of carbonyl (C=O) groups is 1. The predicted molar refractivity (Wildman–Crippen MR) is 33.8 cm³/mol. The van der Waals surface area contributed by atoms with Crippen molar-refractivity contribution in [3.63, 3.8) is 0 Å². The van der Waals surface area contributed by atoms with Crippen molar-refractivity contribution in [3.05, 3.63) is 0 Å². The Hall–Kier alpha value is -0.370. The zero-order valence-corrected chi connectivity index (χ0v) is 5.15.